The molecule has 3 heteroatoms. The molecule has 0 aliphatic carbocycles. The molecule has 1 fully saturated rings. The van der Waals surface area contributed by atoms with Crippen molar-refractivity contribution in [2.45, 2.75) is 31.3 Å². The molecule has 3 nitrogen and oxygen atoms in total. The molecule has 1 heterocycles. The maximum atomic E-state index is 10.3. The highest BCUT2D eigenvalue weighted by molar-refractivity contribution is 5.26. The highest BCUT2D eigenvalue weighted by Gasteiger charge is 2.22. The fraction of sp³-hybridized carbons (Fsp3) is 0.400. The van der Waals surface area contributed by atoms with E-state index in [9.17, 15) is 10.2 Å². The average molecular weight is 311 g/mol. The van der Waals surface area contributed by atoms with Crippen LogP contribution >= 0.6 is 0 Å². The summed E-state index contributed by atoms with van der Waals surface area (Å²) in [7, 11) is 0. The van der Waals surface area contributed by atoms with Crippen LogP contribution in [0.25, 0.3) is 0 Å². The van der Waals surface area contributed by atoms with E-state index in [0.717, 1.165) is 38.0 Å². The van der Waals surface area contributed by atoms with Gasteiger partial charge in [-0.15, -0.1) is 0 Å². The molecular formula is C20H25NO2. The Bertz CT molecular complexity index is 589. The van der Waals surface area contributed by atoms with E-state index >= 15 is 0 Å². The van der Waals surface area contributed by atoms with E-state index in [1.165, 1.54) is 5.56 Å². The molecule has 1 aliphatic heterocycles. The second kappa shape index (κ2) is 7.62. The van der Waals surface area contributed by atoms with Gasteiger partial charge in [0.2, 0.25) is 0 Å². The number of phenolic OH excluding ortho intramolecular Hbond substituents is 1. The summed E-state index contributed by atoms with van der Waals surface area (Å²) in [6.07, 6.45) is 2.61. The van der Waals surface area contributed by atoms with Crippen molar-refractivity contribution in [2.24, 2.45) is 0 Å². The van der Waals surface area contributed by atoms with Crippen molar-refractivity contribution in [2.75, 3.05) is 19.6 Å². The summed E-state index contributed by atoms with van der Waals surface area (Å²) in [6.45, 7) is 2.82. The lowest BCUT2D eigenvalue weighted by Crippen LogP contribution is -2.39. The Kier molecular flexibility index (Phi) is 5.31. The third kappa shape index (κ3) is 4.57. The lowest BCUT2D eigenvalue weighted by Gasteiger charge is -2.33. The van der Waals surface area contributed by atoms with Gasteiger partial charge < -0.3 is 15.1 Å². The lowest BCUT2D eigenvalue weighted by atomic mass is 9.89. The van der Waals surface area contributed by atoms with Crippen molar-refractivity contribution in [3.05, 3.63) is 65.7 Å². The van der Waals surface area contributed by atoms with Crippen LogP contribution in [0.2, 0.25) is 0 Å². The molecule has 0 bridgehead atoms. The zero-order valence-electron chi connectivity index (χ0n) is 13.4. The molecule has 1 atom stereocenters. The molecule has 1 aliphatic rings. The maximum Gasteiger partial charge on any atom is 0.115 e. The number of hydrogen-bond donors (Lipinski definition) is 2. The molecule has 0 radical (unpaired) electrons. The average Bonchev–Trinajstić information content (AvgIpc) is 2.58. The van der Waals surface area contributed by atoms with Crippen LogP contribution in [0.15, 0.2) is 54.6 Å². The van der Waals surface area contributed by atoms with Gasteiger partial charge in [-0.1, -0.05) is 42.5 Å². The Labute approximate surface area is 138 Å². The van der Waals surface area contributed by atoms with Gasteiger partial charge in [-0.2, -0.15) is 0 Å². The van der Waals surface area contributed by atoms with E-state index in [2.05, 4.69) is 35.2 Å². The third-order valence-electron chi connectivity index (χ3n) is 4.74. The summed E-state index contributed by atoms with van der Waals surface area (Å²) >= 11 is 0. The molecule has 0 spiro atoms. The smallest absolute Gasteiger partial charge is 0.115 e. The van der Waals surface area contributed by atoms with Gasteiger partial charge in [0, 0.05) is 6.54 Å². The number of aromatic hydroxyl groups is 1. The summed E-state index contributed by atoms with van der Waals surface area (Å²) in [5.41, 5.74) is 2.51. The van der Waals surface area contributed by atoms with Crippen LogP contribution in [0.3, 0.4) is 0 Å². The highest BCUT2D eigenvalue weighted by Crippen LogP contribution is 2.27. The first-order valence-corrected chi connectivity index (χ1v) is 8.44. The van der Waals surface area contributed by atoms with Gasteiger partial charge in [0.25, 0.3) is 0 Å². The number of hydrogen-bond acceptors (Lipinski definition) is 3. The van der Waals surface area contributed by atoms with E-state index in [1.807, 2.05) is 12.1 Å². The number of aliphatic hydroxyl groups is 1. The van der Waals surface area contributed by atoms with E-state index < -0.39 is 0 Å². The monoisotopic (exact) mass is 311 g/mol. The van der Waals surface area contributed by atoms with Crippen LogP contribution < -0.4 is 0 Å². The SMILES string of the molecule is Oc1ccc(C[C@H](O)CN2CCC(c3ccccc3)CC2)cc1. The molecule has 0 amide bonds. The first-order valence-electron chi connectivity index (χ1n) is 8.44. The van der Waals surface area contributed by atoms with Gasteiger partial charge in [0.1, 0.15) is 5.75 Å². The van der Waals surface area contributed by atoms with Crippen LogP contribution in [0.5, 0.6) is 5.75 Å². The van der Waals surface area contributed by atoms with Gasteiger partial charge in [-0.3, -0.25) is 0 Å². The molecule has 1 saturated heterocycles. The van der Waals surface area contributed by atoms with E-state index in [0.29, 0.717) is 12.3 Å². The summed E-state index contributed by atoms with van der Waals surface area (Å²) in [6, 6.07) is 17.8. The van der Waals surface area contributed by atoms with Crippen molar-refractivity contribution in [3.63, 3.8) is 0 Å². The number of nitrogens with zero attached hydrogens (tertiary/aromatic N) is 1. The number of likely N-dealkylation sites (tertiary alicyclic amines) is 1. The molecule has 23 heavy (non-hydrogen) atoms. The van der Waals surface area contributed by atoms with Crippen molar-refractivity contribution in [1.29, 1.82) is 0 Å². The quantitative estimate of drug-likeness (QED) is 0.891. The van der Waals surface area contributed by atoms with Crippen molar-refractivity contribution < 1.29 is 10.2 Å². The van der Waals surface area contributed by atoms with Gasteiger partial charge in [0.15, 0.2) is 0 Å². The largest absolute Gasteiger partial charge is 0.508 e. The minimum Gasteiger partial charge on any atom is -0.508 e. The first kappa shape index (κ1) is 16.0. The summed E-state index contributed by atoms with van der Waals surface area (Å²) in [5, 5.41) is 19.6. The molecule has 2 aromatic carbocycles. The number of phenols is 1. The molecular weight excluding hydrogens is 286 g/mol. The van der Waals surface area contributed by atoms with Gasteiger partial charge >= 0.3 is 0 Å². The zero-order chi connectivity index (χ0) is 16.1. The number of aliphatic hydroxyl groups excluding tert-OH is 1. The molecule has 0 unspecified atom stereocenters. The molecule has 3 rings (SSSR count). The third-order valence-corrected chi connectivity index (χ3v) is 4.74. The summed E-state index contributed by atoms with van der Waals surface area (Å²) in [4.78, 5) is 2.37. The van der Waals surface area contributed by atoms with Crippen molar-refractivity contribution in [3.8, 4) is 5.75 Å². The maximum absolute atomic E-state index is 10.3. The second-order valence-corrected chi connectivity index (χ2v) is 6.51. The number of β-amino-alcohol motifs (C(OH)–C–C–N with tert-alkyl or cyclic N) is 1. The minimum absolute atomic E-state index is 0.270. The Hall–Kier alpha value is -1.84. The molecule has 0 saturated carbocycles. The Morgan fingerprint density at radius 3 is 2.26 bits per heavy atom. The normalized spacial score (nSPS) is 18.0. The Balaban J connectivity index is 1.46. The fourth-order valence-electron chi connectivity index (χ4n) is 3.44. The Morgan fingerprint density at radius 2 is 1.61 bits per heavy atom. The highest BCUT2D eigenvalue weighted by atomic mass is 16.3. The van der Waals surface area contributed by atoms with Crippen molar-refractivity contribution >= 4 is 0 Å². The second-order valence-electron chi connectivity index (χ2n) is 6.51. The number of rotatable bonds is 5. The molecule has 0 aromatic heterocycles. The van der Waals surface area contributed by atoms with Crippen LogP contribution in [-0.2, 0) is 6.42 Å². The Morgan fingerprint density at radius 1 is 0.957 bits per heavy atom. The van der Waals surface area contributed by atoms with Gasteiger partial charge in [-0.25, -0.2) is 0 Å². The fourth-order valence-corrected chi connectivity index (χ4v) is 3.44. The van der Waals surface area contributed by atoms with E-state index in [-0.39, 0.29) is 11.9 Å². The predicted octanol–water partition coefficient (Wildman–Crippen LogP) is 3.18. The minimum atomic E-state index is -0.354. The summed E-state index contributed by atoms with van der Waals surface area (Å²) < 4.78 is 0. The van der Waals surface area contributed by atoms with Crippen molar-refractivity contribution in [1.82, 2.24) is 4.90 Å². The first-order chi connectivity index (χ1) is 11.2. The van der Waals surface area contributed by atoms with Crippen LogP contribution in [0, 0.1) is 0 Å². The van der Waals surface area contributed by atoms with E-state index in [1.54, 1.807) is 12.1 Å². The van der Waals surface area contributed by atoms with Gasteiger partial charge in [0.05, 0.1) is 6.10 Å². The number of piperidine rings is 1. The summed E-state index contributed by atoms with van der Waals surface area (Å²) in [5.74, 6) is 0.924. The van der Waals surface area contributed by atoms with Gasteiger partial charge in [-0.05, 0) is 61.5 Å². The molecule has 122 valence electrons. The predicted molar refractivity (Wildman–Crippen MR) is 92.7 cm³/mol. The standard InChI is InChI=1S/C20H25NO2/c22-19-8-6-16(7-9-19)14-20(23)15-21-12-10-18(11-13-21)17-4-2-1-3-5-17/h1-9,18,20,22-23H,10-15H2/t20-/m0/s1. The van der Waals surface area contributed by atoms with E-state index in [4.69, 9.17) is 0 Å². The number of benzene rings is 2. The van der Waals surface area contributed by atoms with Crippen LogP contribution in [0.1, 0.15) is 29.9 Å². The van der Waals surface area contributed by atoms with Crippen LogP contribution in [-0.4, -0.2) is 40.9 Å². The molecule has 2 aromatic rings. The topological polar surface area (TPSA) is 43.7 Å². The zero-order valence-corrected chi connectivity index (χ0v) is 13.4. The van der Waals surface area contributed by atoms with Crippen LogP contribution in [0.4, 0.5) is 0 Å². The molecule has 2 N–H and O–H groups in total. The lowest BCUT2D eigenvalue weighted by molar-refractivity contribution is 0.0971.